The number of carbonyl (C=O) groups excluding carboxylic acids is 1. The second-order valence-electron chi connectivity index (χ2n) is 7.64. The van der Waals surface area contributed by atoms with Gasteiger partial charge in [0.1, 0.15) is 0 Å². The van der Waals surface area contributed by atoms with Crippen molar-refractivity contribution in [3.05, 3.63) is 34.6 Å². The topological polar surface area (TPSA) is 61.7 Å². The number of hydrogen-bond donors (Lipinski definition) is 0. The van der Waals surface area contributed by atoms with Crippen LogP contribution in [-0.2, 0) is 11.3 Å². The molecule has 0 spiro atoms. The maximum atomic E-state index is 13.2. The lowest BCUT2D eigenvalue weighted by atomic mass is 10.2. The van der Waals surface area contributed by atoms with Gasteiger partial charge in [0, 0.05) is 52.2 Å². The summed E-state index contributed by atoms with van der Waals surface area (Å²) in [5.41, 5.74) is 1.54. The van der Waals surface area contributed by atoms with Crippen LogP contribution in [0.5, 0.6) is 0 Å². The highest BCUT2D eigenvalue weighted by Crippen LogP contribution is 2.18. The second-order valence-corrected chi connectivity index (χ2v) is 7.64. The number of likely N-dealkylation sites (N-methyl/N-ethyl adjacent to an activating group) is 1. The van der Waals surface area contributed by atoms with E-state index in [0.29, 0.717) is 18.8 Å². The van der Waals surface area contributed by atoms with Gasteiger partial charge in [0.15, 0.2) is 5.82 Å². The van der Waals surface area contributed by atoms with Crippen LogP contribution in [0.4, 0.5) is 5.82 Å². The van der Waals surface area contributed by atoms with E-state index in [4.69, 9.17) is 0 Å². The number of para-hydroxylation sites is 2. The predicted octanol–water partition coefficient (Wildman–Crippen LogP) is 1.55. The van der Waals surface area contributed by atoms with E-state index in [1.165, 1.54) is 0 Å². The zero-order valence-corrected chi connectivity index (χ0v) is 16.6. The van der Waals surface area contributed by atoms with Crippen molar-refractivity contribution in [3.63, 3.8) is 0 Å². The summed E-state index contributed by atoms with van der Waals surface area (Å²) in [6.07, 6.45) is 2.53. The Labute approximate surface area is 165 Å². The molecule has 7 heteroatoms. The Hall–Kier alpha value is -2.41. The van der Waals surface area contributed by atoms with Crippen molar-refractivity contribution < 1.29 is 4.79 Å². The first-order valence-electron chi connectivity index (χ1n) is 10.4. The molecule has 0 aliphatic carbocycles. The van der Waals surface area contributed by atoms with E-state index in [1.54, 1.807) is 4.57 Å². The molecule has 3 heterocycles. The first-order valence-corrected chi connectivity index (χ1v) is 10.4. The van der Waals surface area contributed by atoms with Gasteiger partial charge in [-0.05, 0) is 31.5 Å². The number of piperazine rings is 1. The Kier molecular flexibility index (Phi) is 5.62. The van der Waals surface area contributed by atoms with E-state index >= 15 is 0 Å². The summed E-state index contributed by atoms with van der Waals surface area (Å²) in [6, 6.07) is 7.72. The number of aromatic nitrogens is 2. The maximum Gasteiger partial charge on any atom is 0.294 e. The first kappa shape index (κ1) is 18.9. The number of amides is 1. The lowest BCUT2D eigenvalue weighted by molar-refractivity contribution is -0.133. The van der Waals surface area contributed by atoms with E-state index in [1.807, 2.05) is 29.2 Å². The molecule has 2 aliphatic rings. The molecule has 2 saturated heterocycles. The number of nitrogens with zero attached hydrogens (tertiary/aromatic N) is 5. The van der Waals surface area contributed by atoms with Crippen molar-refractivity contribution in [2.24, 2.45) is 0 Å². The van der Waals surface area contributed by atoms with Crippen LogP contribution in [-0.4, -0.2) is 71.1 Å². The summed E-state index contributed by atoms with van der Waals surface area (Å²) in [4.78, 5) is 36.9. The molecule has 150 valence electrons. The molecule has 0 radical (unpaired) electrons. The summed E-state index contributed by atoms with van der Waals surface area (Å²) < 4.78 is 1.75. The van der Waals surface area contributed by atoms with Crippen LogP contribution in [0.2, 0.25) is 0 Å². The number of benzene rings is 1. The fraction of sp³-hybridized carbons (Fsp3) is 0.571. The Morgan fingerprint density at radius 3 is 2.46 bits per heavy atom. The van der Waals surface area contributed by atoms with Gasteiger partial charge in [-0.1, -0.05) is 19.1 Å². The number of hydrogen-bond acceptors (Lipinski definition) is 5. The first-order chi connectivity index (χ1) is 13.7. The predicted molar refractivity (Wildman–Crippen MR) is 111 cm³/mol. The lowest BCUT2D eigenvalue weighted by Gasteiger charge is -2.34. The molecule has 0 saturated carbocycles. The average molecular weight is 383 g/mol. The molecule has 0 N–H and O–H groups in total. The summed E-state index contributed by atoms with van der Waals surface area (Å²) in [6.45, 7) is 8.74. The van der Waals surface area contributed by atoms with Gasteiger partial charge < -0.3 is 19.3 Å². The molecule has 2 aliphatic heterocycles. The smallest absolute Gasteiger partial charge is 0.294 e. The van der Waals surface area contributed by atoms with Gasteiger partial charge >= 0.3 is 0 Å². The fourth-order valence-corrected chi connectivity index (χ4v) is 4.21. The Bertz CT molecular complexity index is 895. The Morgan fingerprint density at radius 1 is 1.04 bits per heavy atom. The van der Waals surface area contributed by atoms with E-state index in [0.717, 1.165) is 69.7 Å². The molecule has 4 rings (SSSR count). The average Bonchev–Trinajstić information content (AvgIpc) is 3.27. The maximum absolute atomic E-state index is 13.2. The third kappa shape index (κ3) is 3.76. The van der Waals surface area contributed by atoms with E-state index < -0.39 is 0 Å². The Balaban J connectivity index is 1.55. The summed E-state index contributed by atoms with van der Waals surface area (Å²) in [5.74, 6) is 0.659. The van der Waals surface area contributed by atoms with Gasteiger partial charge in [0.25, 0.3) is 5.56 Å². The summed E-state index contributed by atoms with van der Waals surface area (Å²) >= 11 is 0. The van der Waals surface area contributed by atoms with Gasteiger partial charge in [-0.15, -0.1) is 0 Å². The number of anilines is 1. The molecule has 1 amide bonds. The zero-order chi connectivity index (χ0) is 19.5. The molecule has 7 nitrogen and oxygen atoms in total. The number of carbonyl (C=O) groups is 1. The standard InChI is InChI=1S/C21H29N5O2/c1-2-23-13-15-24(16-14-23)19(27)9-12-26-18-8-4-3-7-17(18)22-20(21(26)28)25-10-5-6-11-25/h3-4,7-8H,2,5-6,9-16H2,1H3. The van der Waals surface area contributed by atoms with Crippen LogP contribution in [0.3, 0.4) is 0 Å². The third-order valence-electron chi connectivity index (χ3n) is 5.96. The minimum absolute atomic E-state index is 0.0794. The van der Waals surface area contributed by atoms with Crippen LogP contribution in [0.15, 0.2) is 29.1 Å². The molecule has 1 aromatic heterocycles. The minimum Gasteiger partial charge on any atom is -0.352 e. The molecule has 2 fully saturated rings. The zero-order valence-electron chi connectivity index (χ0n) is 16.6. The summed E-state index contributed by atoms with van der Waals surface area (Å²) in [7, 11) is 0. The van der Waals surface area contributed by atoms with Crippen LogP contribution in [0.1, 0.15) is 26.2 Å². The SMILES string of the molecule is CCN1CCN(C(=O)CCn2c(=O)c(N3CCCC3)nc3ccccc32)CC1. The van der Waals surface area contributed by atoms with E-state index in [2.05, 4.69) is 21.7 Å². The van der Waals surface area contributed by atoms with Crippen LogP contribution in [0.25, 0.3) is 11.0 Å². The van der Waals surface area contributed by atoms with Crippen molar-refractivity contribution in [3.8, 4) is 0 Å². The molecule has 0 unspecified atom stereocenters. The molecular formula is C21H29N5O2. The number of rotatable bonds is 5. The highest BCUT2D eigenvalue weighted by molar-refractivity contribution is 5.78. The van der Waals surface area contributed by atoms with Gasteiger partial charge in [-0.3, -0.25) is 9.59 Å². The third-order valence-corrected chi connectivity index (χ3v) is 5.96. The highest BCUT2D eigenvalue weighted by Gasteiger charge is 2.22. The van der Waals surface area contributed by atoms with Gasteiger partial charge in [-0.2, -0.15) is 0 Å². The van der Waals surface area contributed by atoms with Crippen LogP contribution >= 0.6 is 0 Å². The quantitative estimate of drug-likeness (QED) is 0.784. The lowest BCUT2D eigenvalue weighted by Crippen LogP contribution is -2.48. The van der Waals surface area contributed by atoms with Gasteiger partial charge in [0.05, 0.1) is 11.0 Å². The second kappa shape index (κ2) is 8.31. The van der Waals surface area contributed by atoms with Gasteiger partial charge in [0.2, 0.25) is 5.91 Å². The molecule has 0 bridgehead atoms. The largest absolute Gasteiger partial charge is 0.352 e. The normalized spacial score (nSPS) is 18.2. The molecule has 0 atom stereocenters. The van der Waals surface area contributed by atoms with E-state index in [-0.39, 0.29) is 11.5 Å². The molecular weight excluding hydrogens is 354 g/mol. The molecule has 2 aromatic rings. The highest BCUT2D eigenvalue weighted by atomic mass is 16.2. The van der Waals surface area contributed by atoms with Crippen molar-refractivity contribution in [1.29, 1.82) is 0 Å². The van der Waals surface area contributed by atoms with Gasteiger partial charge in [-0.25, -0.2) is 4.98 Å². The fourth-order valence-electron chi connectivity index (χ4n) is 4.21. The minimum atomic E-state index is -0.0794. The van der Waals surface area contributed by atoms with Crippen molar-refractivity contribution in [2.45, 2.75) is 32.7 Å². The molecule has 28 heavy (non-hydrogen) atoms. The van der Waals surface area contributed by atoms with Crippen LogP contribution in [0, 0.1) is 0 Å². The summed E-state index contributed by atoms with van der Waals surface area (Å²) in [5, 5.41) is 0. The van der Waals surface area contributed by atoms with Crippen molar-refractivity contribution in [2.75, 3.05) is 50.7 Å². The van der Waals surface area contributed by atoms with Crippen LogP contribution < -0.4 is 10.5 Å². The van der Waals surface area contributed by atoms with E-state index in [9.17, 15) is 9.59 Å². The van der Waals surface area contributed by atoms with Crippen molar-refractivity contribution in [1.82, 2.24) is 19.4 Å². The van der Waals surface area contributed by atoms with Crippen molar-refractivity contribution >= 4 is 22.8 Å². The monoisotopic (exact) mass is 383 g/mol. The number of fused-ring (bicyclic) bond motifs is 1. The Morgan fingerprint density at radius 2 is 1.75 bits per heavy atom. The molecule has 1 aromatic carbocycles. The number of aryl methyl sites for hydroxylation is 1.